The maximum absolute atomic E-state index is 13.1. The average molecular weight is 485 g/mol. The number of carbonyl (C=O) groups excluding carboxylic acids is 1. The average Bonchev–Trinajstić information content (AvgIpc) is 2.66. The van der Waals surface area contributed by atoms with Crippen molar-refractivity contribution in [2.75, 3.05) is 13.1 Å². The highest BCUT2D eigenvalue weighted by atomic mass is 35.5. The zero-order chi connectivity index (χ0) is 21.8. The van der Waals surface area contributed by atoms with Crippen LogP contribution in [0.1, 0.15) is 57.8 Å². The molecule has 1 unspecified atom stereocenters. The van der Waals surface area contributed by atoms with Crippen LogP contribution in [0, 0.1) is 23.7 Å². The van der Waals surface area contributed by atoms with E-state index in [2.05, 4.69) is 5.32 Å². The Morgan fingerprint density at radius 1 is 1.10 bits per heavy atom. The van der Waals surface area contributed by atoms with Crippen molar-refractivity contribution >= 4 is 39.1 Å². The van der Waals surface area contributed by atoms with Crippen molar-refractivity contribution in [3.63, 3.8) is 0 Å². The Bertz CT molecular complexity index is 946. The molecule has 1 atom stereocenters. The Hall–Kier alpha value is -0.820. The van der Waals surface area contributed by atoms with Crippen molar-refractivity contribution in [2.24, 2.45) is 23.7 Å². The van der Waals surface area contributed by atoms with Crippen LogP contribution in [0.15, 0.2) is 23.1 Å². The number of hydrogen-bond donors (Lipinski definition) is 1. The third kappa shape index (κ3) is 4.38. The molecular weight excluding hydrogens is 455 g/mol. The van der Waals surface area contributed by atoms with E-state index in [0.29, 0.717) is 24.5 Å². The first-order valence-electron chi connectivity index (χ1n) is 11.5. The van der Waals surface area contributed by atoms with E-state index in [0.717, 1.165) is 49.9 Å². The zero-order valence-corrected chi connectivity index (χ0v) is 20.0. The summed E-state index contributed by atoms with van der Waals surface area (Å²) < 4.78 is 27.8. The molecule has 6 rings (SSSR count). The molecule has 5 aliphatic rings. The minimum absolute atomic E-state index is 0.00307. The Kier molecular flexibility index (Phi) is 5.81. The fourth-order valence-electron chi connectivity index (χ4n) is 7.11. The lowest BCUT2D eigenvalue weighted by Crippen LogP contribution is -2.60. The van der Waals surface area contributed by atoms with Crippen LogP contribution in [0.5, 0.6) is 0 Å². The topological polar surface area (TPSA) is 66.5 Å². The Labute approximate surface area is 194 Å². The standard InChI is InChI=1S/C23H30Cl2N2O3S/c24-19-3-4-21(20(25)10-19)31(29,30)27-5-1-2-15(14-27)9-22(28)26-23-11-16-6-17(12-23)8-18(7-16)13-23/h3-4,10,15-18H,1-2,5-9,11-14H2,(H,26,28). The molecule has 8 heteroatoms. The molecule has 1 heterocycles. The van der Waals surface area contributed by atoms with Crippen molar-refractivity contribution in [1.29, 1.82) is 0 Å². The normalized spacial score (nSPS) is 35.3. The Morgan fingerprint density at radius 3 is 2.35 bits per heavy atom. The minimum atomic E-state index is -3.71. The van der Waals surface area contributed by atoms with Gasteiger partial charge in [0.1, 0.15) is 4.90 Å². The van der Waals surface area contributed by atoms with Crippen LogP contribution in [0.2, 0.25) is 10.0 Å². The lowest BCUT2D eigenvalue weighted by atomic mass is 9.53. The Morgan fingerprint density at radius 2 is 1.74 bits per heavy atom. The zero-order valence-electron chi connectivity index (χ0n) is 17.7. The molecule has 1 amide bonds. The van der Waals surface area contributed by atoms with Gasteiger partial charge in [0, 0.05) is 30.1 Å². The van der Waals surface area contributed by atoms with E-state index in [1.165, 1.54) is 35.7 Å². The molecule has 1 aromatic rings. The van der Waals surface area contributed by atoms with E-state index in [-0.39, 0.29) is 27.3 Å². The molecule has 1 aromatic carbocycles. The summed E-state index contributed by atoms with van der Waals surface area (Å²) in [7, 11) is -3.71. The maximum Gasteiger partial charge on any atom is 0.244 e. The van der Waals surface area contributed by atoms with Gasteiger partial charge in [0.05, 0.1) is 5.02 Å². The fraction of sp³-hybridized carbons (Fsp3) is 0.696. The highest BCUT2D eigenvalue weighted by Gasteiger charge is 2.51. The molecule has 4 bridgehead atoms. The SMILES string of the molecule is O=C(CC1CCCN(S(=O)(=O)c2ccc(Cl)cc2Cl)C1)NC12CC3CC(CC(C3)C1)C2. The number of hydrogen-bond acceptors (Lipinski definition) is 3. The molecule has 0 spiro atoms. The van der Waals surface area contributed by atoms with Crippen LogP contribution < -0.4 is 5.32 Å². The van der Waals surface area contributed by atoms with E-state index in [9.17, 15) is 13.2 Å². The largest absolute Gasteiger partial charge is 0.351 e. The summed E-state index contributed by atoms with van der Waals surface area (Å²) in [6.07, 6.45) is 9.44. The van der Waals surface area contributed by atoms with Gasteiger partial charge in [-0.15, -0.1) is 0 Å². The summed E-state index contributed by atoms with van der Waals surface area (Å²) in [4.78, 5) is 13.1. The van der Waals surface area contributed by atoms with Gasteiger partial charge >= 0.3 is 0 Å². The fourth-order valence-corrected chi connectivity index (χ4v) is 9.41. The monoisotopic (exact) mass is 484 g/mol. The van der Waals surface area contributed by atoms with Crippen LogP contribution in [-0.4, -0.2) is 37.3 Å². The lowest BCUT2D eigenvalue weighted by molar-refractivity contribution is -0.128. The third-order valence-electron chi connectivity index (χ3n) is 7.91. The second-order valence-corrected chi connectivity index (χ2v) is 13.1. The van der Waals surface area contributed by atoms with E-state index >= 15 is 0 Å². The minimum Gasteiger partial charge on any atom is -0.351 e. The van der Waals surface area contributed by atoms with Crippen molar-refractivity contribution < 1.29 is 13.2 Å². The van der Waals surface area contributed by atoms with Crippen molar-refractivity contribution in [2.45, 2.75) is 68.2 Å². The van der Waals surface area contributed by atoms with E-state index in [1.54, 1.807) is 6.07 Å². The van der Waals surface area contributed by atoms with Gasteiger partial charge in [-0.1, -0.05) is 23.2 Å². The van der Waals surface area contributed by atoms with Gasteiger partial charge in [-0.2, -0.15) is 4.31 Å². The number of carbonyl (C=O) groups is 1. The number of piperidine rings is 1. The van der Waals surface area contributed by atoms with Crippen LogP contribution in [0.4, 0.5) is 0 Å². The summed E-state index contributed by atoms with van der Waals surface area (Å²) in [5.41, 5.74) is 0.00307. The number of nitrogens with one attached hydrogen (secondary N) is 1. The summed E-state index contributed by atoms with van der Waals surface area (Å²) in [5.74, 6) is 2.47. The number of halogens is 2. The van der Waals surface area contributed by atoms with Gasteiger partial charge in [-0.3, -0.25) is 4.79 Å². The number of benzene rings is 1. The quantitative estimate of drug-likeness (QED) is 0.647. The lowest BCUT2D eigenvalue weighted by Gasteiger charge is -2.57. The Balaban J connectivity index is 1.23. The van der Waals surface area contributed by atoms with Crippen LogP contribution in [0.3, 0.4) is 0 Å². The highest BCUT2D eigenvalue weighted by molar-refractivity contribution is 7.89. The molecule has 31 heavy (non-hydrogen) atoms. The van der Waals surface area contributed by atoms with Crippen LogP contribution in [-0.2, 0) is 14.8 Å². The summed E-state index contributed by atoms with van der Waals surface area (Å²) >= 11 is 12.1. The summed E-state index contributed by atoms with van der Waals surface area (Å²) in [6.45, 7) is 0.809. The van der Waals surface area contributed by atoms with Crippen molar-refractivity contribution in [3.8, 4) is 0 Å². The van der Waals surface area contributed by atoms with Gasteiger partial charge < -0.3 is 5.32 Å². The van der Waals surface area contributed by atoms with Gasteiger partial charge in [0.15, 0.2) is 0 Å². The third-order valence-corrected chi connectivity index (χ3v) is 10.5. The summed E-state index contributed by atoms with van der Waals surface area (Å²) in [6, 6.07) is 4.46. The van der Waals surface area contributed by atoms with Crippen LogP contribution >= 0.6 is 23.2 Å². The predicted molar refractivity (Wildman–Crippen MR) is 122 cm³/mol. The van der Waals surface area contributed by atoms with Gasteiger partial charge in [0.25, 0.3) is 0 Å². The van der Waals surface area contributed by atoms with Gasteiger partial charge in [-0.05, 0) is 93.2 Å². The van der Waals surface area contributed by atoms with Crippen molar-refractivity contribution in [3.05, 3.63) is 28.2 Å². The van der Waals surface area contributed by atoms with E-state index in [4.69, 9.17) is 23.2 Å². The smallest absolute Gasteiger partial charge is 0.244 e. The molecular formula is C23H30Cl2N2O3S. The predicted octanol–water partition coefficient (Wildman–Crippen LogP) is 4.87. The van der Waals surface area contributed by atoms with Crippen molar-refractivity contribution in [1.82, 2.24) is 9.62 Å². The second kappa shape index (κ2) is 8.19. The van der Waals surface area contributed by atoms with Crippen LogP contribution in [0.25, 0.3) is 0 Å². The van der Waals surface area contributed by atoms with E-state index < -0.39 is 10.0 Å². The molecule has 170 valence electrons. The number of amides is 1. The number of sulfonamides is 1. The number of rotatable bonds is 5. The molecule has 5 fully saturated rings. The summed E-state index contributed by atoms with van der Waals surface area (Å²) in [5, 5.41) is 3.97. The molecule has 0 aromatic heterocycles. The van der Waals surface area contributed by atoms with E-state index in [1.807, 2.05) is 0 Å². The molecule has 5 nitrogen and oxygen atoms in total. The first-order valence-corrected chi connectivity index (χ1v) is 13.7. The highest BCUT2D eigenvalue weighted by Crippen LogP contribution is 2.55. The molecule has 1 aliphatic heterocycles. The van der Waals surface area contributed by atoms with Gasteiger partial charge in [-0.25, -0.2) is 8.42 Å². The first-order chi connectivity index (χ1) is 14.7. The molecule has 4 saturated carbocycles. The molecule has 4 aliphatic carbocycles. The second-order valence-electron chi connectivity index (χ2n) is 10.4. The number of nitrogens with zero attached hydrogens (tertiary/aromatic N) is 1. The first kappa shape index (κ1) is 22.0. The molecule has 1 N–H and O–H groups in total. The van der Waals surface area contributed by atoms with Gasteiger partial charge in [0.2, 0.25) is 15.9 Å². The maximum atomic E-state index is 13.1. The molecule has 0 radical (unpaired) electrons. The molecule has 1 saturated heterocycles.